The van der Waals surface area contributed by atoms with Crippen LogP contribution in [-0.2, 0) is 9.53 Å². The summed E-state index contributed by atoms with van der Waals surface area (Å²) in [7, 11) is 0. The Labute approximate surface area is 150 Å². The van der Waals surface area contributed by atoms with Crippen LogP contribution >= 0.6 is 0 Å². The maximum absolute atomic E-state index is 13.2. The molecule has 5 rings (SSSR count). The molecule has 2 unspecified atom stereocenters. The summed E-state index contributed by atoms with van der Waals surface area (Å²) in [6, 6.07) is 9.74. The van der Waals surface area contributed by atoms with E-state index in [1.165, 1.54) is 0 Å². The topological polar surface area (TPSA) is 49.8 Å². The Morgan fingerprint density at radius 2 is 1.80 bits per heavy atom. The molecule has 4 nitrogen and oxygen atoms in total. The van der Waals surface area contributed by atoms with Crippen LogP contribution in [0.25, 0.3) is 0 Å². The molecular weight excluding hydrogens is 314 g/mol. The molecule has 1 aromatic carbocycles. The van der Waals surface area contributed by atoms with Gasteiger partial charge in [-0.05, 0) is 50.3 Å². The molecule has 0 spiro atoms. The highest BCUT2D eigenvalue weighted by atomic mass is 16.5. The smallest absolute Gasteiger partial charge is 0.316 e. The van der Waals surface area contributed by atoms with Gasteiger partial charge in [0.25, 0.3) is 0 Å². The van der Waals surface area contributed by atoms with Crippen LogP contribution < -0.4 is 0 Å². The molecule has 0 radical (unpaired) electrons. The van der Waals surface area contributed by atoms with Gasteiger partial charge >= 0.3 is 5.97 Å². The molecule has 4 aliphatic rings. The Morgan fingerprint density at radius 3 is 2.40 bits per heavy atom. The van der Waals surface area contributed by atoms with Crippen LogP contribution in [0.5, 0.6) is 0 Å². The molecule has 136 valence electrons. The number of benzene rings is 1. The van der Waals surface area contributed by atoms with Crippen molar-refractivity contribution in [2.75, 3.05) is 19.6 Å². The molecule has 3 aliphatic heterocycles. The third-order valence-corrected chi connectivity index (χ3v) is 6.49. The first kappa shape index (κ1) is 17.0. The Hall–Kier alpha value is -1.39. The van der Waals surface area contributed by atoms with E-state index in [2.05, 4.69) is 4.90 Å². The molecular formula is C21H29NO3. The number of carbonyl (C=O) groups is 1. The highest BCUT2D eigenvalue weighted by molar-refractivity contribution is 5.80. The number of esters is 1. The second kappa shape index (κ2) is 7.08. The number of ether oxygens (including phenoxy) is 1. The van der Waals surface area contributed by atoms with E-state index in [0.29, 0.717) is 18.8 Å². The molecule has 1 saturated carbocycles. The van der Waals surface area contributed by atoms with E-state index < -0.39 is 11.5 Å². The molecule has 25 heavy (non-hydrogen) atoms. The number of piperidine rings is 3. The number of rotatable bonds is 4. The lowest BCUT2D eigenvalue weighted by Crippen LogP contribution is -2.53. The zero-order valence-electron chi connectivity index (χ0n) is 14.9. The Morgan fingerprint density at radius 1 is 1.12 bits per heavy atom. The summed E-state index contributed by atoms with van der Waals surface area (Å²) in [5, 5.41) is 11.3. The largest absolute Gasteiger partial charge is 0.460 e. The van der Waals surface area contributed by atoms with Crippen LogP contribution in [0.1, 0.15) is 56.4 Å². The first-order chi connectivity index (χ1) is 12.2. The molecule has 2 bridgehead atoms. The number of carbonyl (C=O) groups excluding carboxylic acids is 1. The lowest BCUT2D eigenvalue weighted by atomic mass is 9.72. The molecule has 4 fully saturated rings. The Balaban J connectivity index is 1.56. The summed E-state index contributed by atoms with van der Waals surface area (Å²) in [4.78, 5) is 15.6. The van der Waals surface area contributed by atoms with Crippen LogP contribution in [0.3, 0.4) is 0 Å². The summed E-state index contributed by atoms with van der Waals surface area (Å²) in [5.41, 5.74) is -0.0804. The van der Waals surface area contributed by atoms with Gasteiger partial charge in [-0.2, -0.15) is 0 Å². The fourth-order valence-corrected chi connectivity index (χ4v) is 5.03. The number of nitrogens with zero attached hydrogens (tertiary/aromatic N) is 1. The van der Waals surface area contributed by atoms with E-state index in [4.69, 9.17) is 4.74 Å². The number of hydrogen-bond acceptors (Lipinski definition) is 4. The van der Waals surface area contributed by atoms with Gasteiger partial charge in [-0.15, -0.1) is 0 Å². The van der Waals surface area contributed by atoms with Crippen molar-refractivity contribution in [1.82, 2.24) is 4.90 Å². The highest BCUT2D eigenvalue weighted by Gasteiger charge is 2.46. The van der Waals surface area contributed by atoms with Gasteiger partial charge in [0.2, 0.25) is 0 Å². The third kappa shape index (κ3) is 3.47. The molecule has 1 aromatic rings. The van der Waals surface area contributed by atoms with Crippen LogP contribution in [0.15, 0.2) is 30.3 Å². The van der Waals surface area contributed by atoms with Gasteiger partial charge in [0.05, 0.1) is 5.60 Å². The lowest BCUT2D eigenvalue weighted by molar-refractivity contribution is -0.169. The van der Waals surface area contributed by atoms with E-state index in [9.17, 15) is 9.90 Å². The van der Waals surface area contributed by atoms with E-state index in [1.54, 1.807) is 0 Å². The summed E-state index contributed by atoms with van der Waals surface area (Å²) >= 11 is 0. The van der Waals surface area contributed by atoms with Crippen LogP contribution in [-0.4, -0.2) is 47.3 Å². The average Bonchev–Trinajstić information content (AvgIpc) is 2.64. The number of hydrogen-bond donors (Lipinski definition) is 1. The van der Waals surface area contributed by atoms with Crippen molar-refractivity contribution in [1.29, 1.82) is 0 Å². The summed E-state index contributed by atoms with van der Waals surface area (Å²) in [6.45, 7) is 3.12. The van der Waals surface area contributed by atoms with Crippen molar-refractivity contribution < 1.29 is 14.6 Å². The number of aliphatic hydroxyl groups is 1. The molecule has 0 amide bonds. The molecule has 2 atom stereocenters. The van der Waals surface area contributed by atoms with Gasteiger partial charge in [-0.3, -0.25) is 9.69 Å². The van der Waals surface area contributed by atoms with Crippen LogP contribution in [0, 0.1) is 5.92 Å². The van der Waals surface area contributed by atoms with Gasteiger partial charge in [0.15, 0.2) is 0 Å². The van der Waals surface area contributed by atoms with Gasteiger partial charge in [0.1, 0.15) is 12.0 Å². The molecule has 3 heterocycles. The second-order valence-corrected chi connectivity index (χ2v) is 8.12. The van der Waals surface area contributed by atoms with Gasteiger partial charge < -0.3 is 9.84 Å². The van der Waals surface area contributed by atoms with Gasteiger partial charge in [0, 0.05) is 6.54 Å². The van der Waals surface area contributed by atoms with Crippen molar-refractivity contribution in [3.63, 3.8) is 0 Å². The first-order valence-corrected chi connectivity index (χ1v) is 9.86. The SMILES string of the molecule is O=C(OC1CN2CCC1CC2)C(c1ccccc1)C1(O)CCCCC1. The third-order valence-electron chi connectivity index (χ3n) is 6.49. The number of fused-ring (bicyclic) bond motifs is 3. The van der Waals surface area contributed by atoms with Gasteiger partial charge in [-0.1, -0.05) is 49.6 Å². The molecule has 1 N–H and O–H groups in total. The Bertz CT molecular complexity index is 588. The molecule has 3 saturated heterocycles. The maximum Gasteiger partial charge on any atom is 0.316 e. The van der Waals surface area contributed by atoms with E-state index in [1.807, 2.05) is 30.3 Å². The van der Waals surface area contributed by atoms with E-state index in [-0.39, 0.29) is 12.1 Å². The quantitative estimate of drug-likeness (QED) is 0.854. The standard InChI is InChI=1S/C21H29NO3/c23-20(25-18-15-22-13-9-16(18)10-14-22)19(17-7-3-1-4-8-17)21(24)11-5-2-6-12-21/h1,3-4,7-8,16,18-19,24H,2,5-6,9-15H2. The minimum absolute atomic E-state index is 0.00611. The Kier molecular flexibility index (Phi) is 4.83. The zero-order valence-corrected chi connectivity index (χ0v) is 14.9. The fraction of sp³-hybridized carbons (Fsp3) is 0.667. The molecule has 0 aromatic heterocycles. The molecule has 4 heteroatoms. The maximum atomic E-state index is 13.2. The van der Waals surface area contributed by atoms with Gasteiger partial charge in [-0.25, -0.2) is 0 Å². The van der Waals surface area contributed by atoms with Crippen LogP contribution in [0.2, 0.25) is 0 Å². The summed E-state index contributed by atoms with van der Waals surface area (Å²) in [6.07, 6.45) is 6.70. The second-order valence-electron chi connectivity index (χ2n) is 8.12. The summed E-state index contributed by atoms with van der Waals surface area (Å²) in [5.74, 6) is -0.301. The minimum atomic E-state index is -0.968. The lowest BCUT2D eigenvalue weighted by Gasteiger charge is -2.45. The molecule has 1 aliphatic carbocycles. The fourth-order valence-electron chi connectivity index (χ4n) is 5.03. The van der Waals surface area contributed by atoms with Crippen molar-refractivity contribution in [2.45, 2.75) is 62.6 Å². The van der Waals surface area contributed by atoms with Crippen molar-refractivity contribution >= 4 is 5.97 Å². The average molecular weight is 343 g/mol. The predicted molar refractivity (Wildman–Crippen MR) is 96.3 cm³/mol. The first-order valence-electron chi connectivity index (χ1n) is 9.86. The van der Waals surface area contributed by atoms with Crippen molar-refractivity contribution in [3.8, 4) is 0 Å². The highest BCUT2D eigenvalue weighted by Crippen LogP contribution is 2.41. The predicted octanol–water partition coefficient (Wildman–Crippen LogP) is 3.10. The van der Waals surface area contributed by atoms with Crippen molar-refractivity contribution in [2.24, 2.45) is 5.92 Å². The monoisotopic (exact) mass is 343 g/mol. The van der Waals surface area contributed by atoms with E-state index in [0.717, 1.165) is 57.3 Å². The zero-order chi connectivity index (χ0) is 17.3. The normalized spacial score (nSPS) is 32.1. The van der Waals surface area contributed by atoms with Crippen LogP contribution in [0.4, 0.5) is 0 Å². The minimum Gasteiger partial charge on any atom is -0.460 e. The summed E-state index contributed by atoms with van der Waals surface area (Å²) < 4.78 is 6.02. The van der Waals surface area contributed by atoms with Crippen molar-refractivity contribution in [3.05, 3.63) is 35.9 Å². The van der Waals surface area contributed by atoms with E-state index >= 15 is 0 Å².